The van der Waals surface area contributed by atoms with Gasteiger partial charge in [0, 0.05) is 16.9 Å². The van der Waals surface area contributed by atoms with Crippen LogP contribution in [0.4, 0.5) is 0 Å². The molecular formula is C22H27NO3S. The van der Waals surface area contributed by atoms with E-state index >= 15 is 0 Å². The molecule has 1 aliphatic heterocycles. The third-order valence-electron chi connectivity index (χ3n) is 4.69. The molecule has 0 fully saturated rings. The van der Waals surface area contributed by atoms with Crippen molar-refractivity contribution in [1.82, 2.24) is 5.32 Å². The fourth-order valence-corrected chi connectivity index (χ4v) is 4.13. The molecule has 2 atom stereocenters. The number of hydrogen-bond donors (Lipinski definition) is 1. The number of fused-ring (bicyclic) bond motifs is 1. The Balaban J connectivity index is 1.75. The van der Waals surface area contributed by atoms with Crippen molar-refractivity contribution < 1.29 is 14.3 Å². The Morgan fingerprint density at radius 1 is 1.26 bits per heavy atom. The minimum atomic E-state index is -0.340. The van der Waals surface area contributed by atoms with E-state index in [1.807, 2.05) is 39.0 Å². The number of methoxy groups -OCH3 is 1. The maximum atomic E-state index is 12.9. The van der Waals surface area contributed by atoms with Crippen LogP contribution >= 0.6 is 11.8 Å². The van der Waals surface area contributed by atoms with Gasteiger partial charge in [-0.05, 0) is 58.0 Å². The van der Waals surface area contributed by atoms with Crippen LogP contribution < -0.4 is 14.8 Å². The van der Waals surface area contributed by atoms with E-state index in [0.29, 0.717) is 6.42 Å². The molecule has 0 aliphatic carbocycles. The lowest BCUT2D eigenvalue weighted by molar-refractivity contribution is -0.121. The van der Waals surface area contributed by atoms with Crippen molar-refractivity contribution >= 4 is 17.7 Å². The Hall–Kier alpha value is -2.14. The molecule has 2 aromatic rings. The molecule has 27 heavy (non-hydrogen) atoms. The quantitative estimate of drug-likeness (QED) is 0.744. The highest BCUT2D eigenvalue weighted by atomic mass is 32.2. The van der Waals surface area contributed by atoms with Crippen LogP contribution in [0.1, 0.15) is 44.4 Å². The summed E-state index contributed by atoms with van der Waals surface area (Å²) < 4.78 is 11.4. The van der Waals surface area contributed by atoms with Crippen molar-refractivity contribution in [2.24, 2.45) is 0 Å². The highest BCUT2D eigenvalue weighted by molar-refractivity contribution is 8.00. The third kappa shape index (κ3) is 4.78. The number of carbonyl (C=O) groups excluding carboxylic acids is 1. The van der Waals surface area contributed by atoms with E-state index in [0.717, 1.165) is 22.0 Å². The predicted octanol–water partition coefficient (Wildman–Crippen LogP) is 4.90. The molecule has 0 aromatic heterocycles. The van der Waals surface area contributed by atoms with Crippen LogP contribution in [0, 0.1) is 6.92 Å². The van der Waals surface area contributed by atoms with Gasteiger partial charge in [0.1, 0.15) is 17.1 Å². The summed E-state index contributed by atoms with van der Waals surface area (Å²) in [6.45, 7) is 8.09. The van der Waals surface area contributed by atoms with Gasteiger partial charge in [-0.1, -0.05) is 17.7 Å². The number of nitrogens with one attached hydrogen (secondary N) is 1. The molecule has 0 saturated heterocycles. The van der Waals surface area contributed by atoms with Crippen LogP contribution in [0.5, 0.6) is 11.5 Å². The van der Waals surface area contributed by atoms with Crippen LogP contribution in [-0.2, 0) is 4.79 Å². The summed E-state index contributed by atoms with van der Waals surface area (Å²) in [6.07, 6.45) is 0.709. The number of carbonyl (C=O) groups is 1. The Labute approximate surface area is 165 Å². The van der Waals surface area contributed by atoms with E-state index < -0.39 is 0 Å². The Bertz CT molecular complexity index is 817. The molecule has 3 rings (SSSR count). The minimum absolute atomic E-state index is 0.0250. The lowest BCUT2D eigenvalue weighted by atomic mass is 9.89. The zero-order valence-corrected chi connectivity index (χ0v) is 17.4. The molecule has 0 radical (unpaired) electrons. The molecule has 2 aromatic carbocycles. The standard InChI is InChI=1S/C22H27NO3S/c1-14-6-9-17(10-7-14)27-15(2)21(24)23-19-13-22(3,4)26-20-11-8-16(25-5)12-18(19)20/h6-12,15,19H,13H2,1-5H3,(H,23,24)/t15-,19-/m1/s1. The number of amides is 1. The second-order valence-electron chi connectivity index (χ2n) is 7.60. The van der Waals surface area contributed by atoms with E-state index in [4.69, 9.17) is 9.47 Å². The molecule has 1 heterocycles. The van der Waals surface area contributed by atoms with Crippen LogP contribution in [-0.4, -0.2) is 23.9 Å². The maximum absolute atomic E-state index is 12.9. The highest BCUT2D eigenvalue weighted by Crippen LogP contribution is 2.41. The fraction of sp³-hybridized carbons (Fsp3) is 0.409. The summed E-state index contributed by atoms with van der Waals surface area (Å²) in [5.74, 6) is 1.59. The van der Waals surface area contributed by atoms with Crippen molar-refractivity contribution in [2.45, 2.75) is 55.9 Å². The van der Waals surface area contributed by atoms with Crippen molar-refractivity contribution in [3.05, 3.63) is 53.6 Å². The molecule has 0 saturated carbocycles. The molecule has 4 nitrogen and oxygen atoms in total. The van der Waals surface area contributed by atoms with Crippen LogP contribution in [0.25, 0.3) is 0 Å². The number of benzene rings is 2. The summed E-state index contributed by atoms with van der Waals surface area (Å²) in [5.41, 5.74) is 1.84. The van der Waals surface area contributed by atoms with Gasteiger partial charge in [0.05, 0.1) is 18.4 Å². The summed E-state index contributed by atoms with van der Waals surface area (Å²) in [5, 5.41) is 3.03. The maximum Gasteiger partial charge on any atom is 0.233 e. The van der Waals surface area contributed by atoms with Gasteiger partial charge in [-0.2, -0.15) is 0 Å². The zero-order valence-electron chi connectivity index (χ0n) is 16.5. The second kappa shape index (κ2) is 7.85. The normalized spacial score (nSPS) is 18.8. The minimum Gasteiger partial charge on any atom is -0.497 e. The van der Waals surface area contributed by atoms with Gasteiger partial charge in [-0.15, -0.1) is 11.8 Å². The highest BCUT2D eigenvalue weighted by Gasteiger charge is 2.35. The SMILES string of the molecule is COc1ccc2c(c1)[C@H](NC(=O)[C@@H](C)Sc1ccc(C)cc1)CC(C)(C)O2. The predicted molar refractivity (Wildman–Crippen MR) is 110 cm³/mol. The summed E-state index contributed by atoms with van der Waals surface area (Å²) in [7, 11) is 1.64. The first-order valence-corrected chi connectivity index (χ1v) is 10.1. The van der Waals surface area contributed by atoms with Gasteiger partial charge in [0.15, 0.2) is 0 Å². The number of ether oxygens (including phenoxy) is 2. The molecule has 5 heteroatoms. The molecular weight excluding hydrogens is 358 g/mol. The number of rotatable bonds is 5. The third-order valence-corrected chi connectivity index (χ3v) is 5.81. The Kier molecular flexibility index (Phi) is 5.70. The summed E-state index contributed by atoms with van der Waals surface area (Å²) in [4.78, 5) is 13.9. The van der Waals surface area contributed by atoms with Crippen molar-refractivity contribution in [3.8, 4) is 11.5 Å². The van der Waals surface area contributed by atoms with E-state index in [9.17, 15) is 4.79 Å². The molecule has 0 bridgehead atoms. The van der Waals surface area contributed by atoms with Gasteiger partial charge < -0.3 is 14.8 Å². The Morgan fingerprint density at radius 3 is 2.63 bits per heavy atom. The van der Waals surface area contributed by atoms with Crippen molar-refractivity contribution in [1.29, 1.82) is 0 Å². The molecule has 0 spiro atoms. The fourth-order valence-electron chi connectivity index (χ4n) is 3.25. The van der Waals surface area contributed by atoms with Crippen molar-refractivity contribution in [2.75, 3.05) is 7.11 Å². The first-order valence-electron chi connectivity index (χ1n) is 9.18. The van der Waals surface area contributed by atoms with E-state index in [1.165, 1.54) is 5.56 Å². The summed E-state index contributed by atoms with van der Waals surface area (Å²) in [6, 6.07) is 13.9. The van der Waals surface area contributed by atoms with Gasteiger partial charge in [-0.3, -0.25) is 4.79 Å². The smallest absolute Gasteiger partial charge is 0.233 e. The average molecular weight is 386 g/mol. The van der Waals surface area contributed by atoms with Crippen LogP contribution in [0.15, 0.2) is 47.4 Å². The second-order valence-corrected chi connectivity index (χ2v) is 9.02. The molecule has 0 unspecified atom stereocenters. The first kappa shape index (κ1) is 19.6. The largest absolute Gasteiger partial charge is 0.497 e. The van der Waals surface area contributed by atoms with Gasteiger partial charge >= 0.3 is 0 Å². The topological polar surface area (TPSA) is 47.6 Å². The van der Waals surface area contributed by atoms with Crippen molar-refractivity contribution in [3.63, 3.8) is 0 Å². The lowest BCUT2D eigenvalue weighted by Crippen LogP contribution is -2.43. The van der Waals surface area contributed by atoms with E-state index in [1.54, 1.807) is 18.9 Å². The molecule has 144 valence electrons. The number of aryl methyl sites for hydroxylation is 1. The number of hydrogen-bond acceptors (Lipinski definition) is 4. The first-order chi connectivity index (χ1) is 12.8. The van der Waals surface area contributed by atoms with E-state index in [2.05, 4.69) is 36.5 Å². The van der Waals surface area contributed by atoms with Crippen LogP contribution in [0.3, 0.4) is 0 Å². The lowest BCUT2D eigenvalue weighted by Gasteiger charge is -2.38. The van der Waals surface area contributed by atoms with Gasteiger partial charge in [0.25, 0.3) is 0 Å². The Morgan fingerprint density at radius 2 is 1.96 bits per heavy atom. The average Bonchev–Trinajstić information content (AvgIpc) is 2.62. The molecule has 1 aliphatic rings. The van der Waals surface area contributed by atoms with Gasteiger partial charge in [0.2, 0.25) is 5.91 Å². The molecule has 1 N–H and O–H groups in total. The molecule has 1 amide bonds. The van der Waals surface area contributed by atoms with Gasteiger partial charge in [-0.25, -0.2) is 0 Å². The monoisotopic (exact) mass is 385 g/mol. The zero-order chi connectivity index (χ0) is 19.6. The number of thioether (sulfide) groups is 1. The van der Waals surface area contributed by atoms with Crippen LogP contribution in [0.2, 0.25) is 0 Å². The summed E-state index contributed by atoms with van der Waals surface area (Å²) >= 11 is 1.57. The van der Waals surface area contributed by atoms with E-state index in [-0.39, 0.29) is 22.8 Å².